The van der Waals surface area contributed by atoms with Gasteiger partial charge in [-0.2, -0.15) is 4.98 Å². The molecule has 1 aromatic heterocycles. The van der Waals surface area contributed by atoms with E-state index < -0.39 is 6.04 Å². The topological polar surface area (TPSA) is 101 Å². The molecule has 0 unspecified atom stereocenters. The van der Waals surface area contributed by atoms with Crippen molar-refractivity contribution in [3.8, 4) is 22.9 Å². The van der Waals surface area contributed by atoms with Crippen LogP contribution in [-0.2, 0) is 4.79 Å². The van der Waals surface area contributed by atoms with Gasteiger partial charge in [0.25, 0.3) is 5.91 Å². The lowest BCUT2D eigenvalue weighted by Gasteiger charge is -2.28. The van der Waals surface area contributed by atoms with Crippen molar-refractivity contribution < 1.29 is 14.6 Å². The molecule has 1 amide bonds. The third kappa shape index (κ3) is 4.20. The SMILES string of the molecule is COc1ccccc1NC(=O)C1=C(C)Nc2nc(-c3ccccc3Cl)nn2[C@H]1c1ccc(O)cc1. The highest BCUT2D eigenvalue weighted by atomic mass is 35.5. The molecule has 0 saturated heterocycles. The second kappa shape index (κ2) is 9.15. The van der Waals surface area contributed by atoms with Gasteiger partial charge in [-0.3, -0.25) is 4.79 Å². The molecule has 5 rings (SSSR count). The van der Waals surface area contributed by atoms with Crippen molar-refractivity contribution >= 4 is 29.1 Å². The Balaban J connectivity index is 1.61. The quantitative estimate of drug-likeness (QED) is 0.356. The predicted octanol–water partition coefficient (Wildman–Crippen LogP) is 5.24. The van der Waals surface area contributed by atoms with Gasteiger partial charge in [-0.25, -0.2) is 4.68 Å². The van der Waals surface area contributed by atoms with Crippen molar-refractivity contribution in [2.45, 2.75) is 13.0 Å². The third-order valence-electron chi connectivity index (χ3n) is 5.78. The Bertz CT molecular complexity index is 1450. The maximum atomic E-state index is 13.6. The second-order valence-corrected chi connectivity index (χ2v) is 8.40. The molecule has 0 radical (unpaired) electrons. The summed E-state index contributed by atoms with van der Waals surface area (Å²) in [7, 11) is 1.55. The fourth-order valence-electron chi connectivity index (χ4n) is 4.10. The van der Waals surface area contributed by atoms with E-state index in [4.69, 9.17) is 21.4 Å². The number of carbonyl (C=O) groups excluding carboxylic acids is 1. The summed E-state index contributed by atoms with van der Waals surface area (Å²) < 4.78 is 7.05. The second-order valence-electron chi connectivity index (χ2n) is 8.00. The number of fused-ring (bicyclic) bond motifs is 1. The number of hydrogen-bond acceptors (Lipinski definition) is 6. The molecule has 1 aliphatic heterocycles. The number of allylic oxidation sites excluding steroid dienone is 1. The molecule has 176 valence electrons. The molecule has 0 bridgehead atoms. The lowest BCUT2D eigenvalue weighted by atomic mass is 9.95. The van der Waals surface area contributed by atoms with Crippen LogP contribution in [0.25, 0.3) is 11.4 Å². The van der Waals surface area contributed by atoms with Crippen LogP contribution in [0.2, 0.25) is 5.02 Å². The van der Waals surface area contributed by atoms with Gasteiger partial charge in [-0.1, -0.05) is 48.0 Å². The van der Waals surface area contributed by atoms with Crippen LogP contribution in [0.3, 0.4) is 0 Å². The highest BCUT2D eigenvalue weighted by Gasteiger charge is 2.35. The van der Waals surface area contributed by atoms with Gasteiger partial charge >= 0.3 is 0 Å². The van der Waals surface area contributed by atoms with Crippen molar-refractivity contribution in [1.29, 1.82) is 0 Å². The molecule has 0 saturated carbocycles. The first-order valence-electron chi connectivity index (χ1n) is 10.9. The maximum Gasteiger partial charge on any atom is 0.255 e. The summed E-state index contributed by atoms with van der Waals surface area (Å²) >= 11 is 6.40. The molecular weight excluding hydrogens is 466 g/mol. The van der Waals surface area contributed by atoms with Gasteiger partial charge in [0.05, 0.1) is 23.4 Å². The van der Waals surface area contributed by atoms with E-state index in [1.165, 1.54) is 0 Å². The molecule has 9 heteroatoms. The van der Waals surface area contributed by atoms with E-state index in [1.54, 1.807) is 54.3 Å². The molecule has 0 spiro atoms. The number of aromatic hydroxyl groups is 1. The zero-order valence-electron chi connectivity index (χ0n) is 19.0. The zero-order valence-corrected chi connectivity index (χ0v) is 19.7. The van der Waals surface area contributed by atoms with Crippen molar-refractivity contribution in [2.24, 2.45) is 0 Å². The van der Waals surface area contributed by atoms with Gasteiger partial charge in [0.1, 0.15) is 17.5 Å². The molecule has 0 aliphatic carbocycles. The number of amides is 1. The minimum atomic E-state index is -0.606. The van der Waals surface area contributed by atoms with Crippen molar-refractivity contribution in [1.82, 2.24) is 14.8 Å². The number of rotatable bonds is 5. The van der Waals surface area contributed by atoms with Gasteiger partial charge in [0.15, 0.2) is 5.82 Å². The van der Waals surface area contributed by atoms with Gasteiger partial charge in [0.2, 0.25) is 5.95 Å². The van der Waals surface area contributed by atoms with Crippen LogP contribution in [0.5, 0.6) is 11.5 Å². The minimum absolute atomic E-state index is 0.124. The summed E-state index contributed by atoms with van der Waals surface area (Å²) in [4.78, 5) is 18.3. The van der Waals surface area contributed by atoms with Crippen molar-refractivity contribution in [3.05, 3.63) is 94.7 Å². The average Bonchev–Trinajstić information content (AvgIpc) is 3.27. The number of phenolic OH excluding ortho intramolecular Hbond substituents is 1. The molecule has 3 aromatic carbocycles. The highest BCUT2D eigenvalue weighted by molar-refractivity contribution is 6.33. The number of hydrogen-bond donors (Lipinski definition) is 3. The summed E-state index contributed by atoms with van der Waals surface area (Å²) in [6.45, 7) is 1.82. The Morgan fingerprint density at radius 2 is 1.80 bits per heavy atom. The number of halogens is 1. The van der Waals surface area contributed by atoms with E-state index in [1.807, 2.05) is 37.3 Å². The van der Waals surface area contributed by atoms with E-state index in [0.717, 1.165) is 5.56 Å². The molecule has 35 heavy (non-hydrogen) atoms. The number of carbonyl (C=O) groups is 1. The van der Waals surface area contributed by atoms with Crippen LogP contribution >= 0.6 is 11.6 Å². The molecule has 3 N–H and O–H groups in total. The first-order valence-corrected chi connectivity index (χ1v) is 11.3. The van der Waals surface area contributed by atoms with Crippen LogP contribution in [-0.4, -0.2) is 32.9 Å². The first kappa shape index (κ1) is 22.5. The number of nitrogens with one attached hydrogen (secondary N) is 2. The normalized spacial score (nSPS) is 14.8. The fourth-order valence-corrected chi connectivity index (χ4v) is 4.32. The molecule has 0 fully saturated rings. The van der Waals surface area contributed by atoms with E-state index in [9.17, 15) is 9.90 Å². The lowest BCUT2D eigenvalue weighted by Crippen LogP contribution is -2.31. The maximum absolute atomic E-state index is 13.6. The number of ether oxygens (including phenoxy) is 1. The number of para-hydroxylation sites is 2. The Morgan fingerprint density at radius 3 is 2.54 bits per heavy atom. The summed E-state index contributed by atoms with van der Waals surface area (Å²) in [6.07, 6.45) is 0. The van der Waals surface area contributed by atoms with Gasteiger partial charge < -0.3 is 20.5 Å². The first-order chi connectivity index (χ1) is 17.0. The van der Waals surface area contributed by atoms with Crippen LogP contribution in [0.15, 0.2) is 84.1 Å². The standard InChI is InChI=1S/C26H22ClN5O3/c1-15-22(25(34)29-20-9-5-6-10-21(20)35-2)23(16-11-13-17(33)14-12-16)32-26(28-15)30-24(31-32)18-7-3-4-8-19(18)27/h3-14,23,33H,1-2H3,(H,29,34)(H,28,30,31)/t23-/m0/s1. The van der Waals surface area contributed by atoms with E-state index >= 15 is 0 Å². The average molecular weight is 488 g/mol. The van der Waals surface area contributed by atoms with Crippen LogP contribution in [0.4, 0.5) is 11.6 Å². The molecule has 1 atom stereocenters. The van der Waals surface area contributed by atoms with Gasteiger partial charge in [-0.15, -0.1) is 5.10 Å². The van der Waals surface area contributed by atoms with Crippen LogP contribution in [0.1, 0.15) is 18.5 Å². The predicted molar refractivity (Wildman–Crippen MR) is 135 cm³/mol. The number of benzene rings is 3. The lowest BCUT2D eigenvalue weighted by molar-refractivity contribution is -0.113. The highest BCUT2D eigenvalue weighted by Crippen LogP contribution is 2.38. The Hall–Kier alpha value is -4.30. The molecule has 2 heterocycles. The smallest absolute Gasteiger partial charge is 0.255 e. The number of methoxy groups -OCH3 is 1. The summed E-state index contributed by atoms with van der Waals surface area (Å²) in [5.74, 6) is 1.26. The Labute approximate surface area is 206 Å². The number of phenols is 1. The zero-order chi connectivity index (χ0) is 24.5. The fraction of sp³-hybridized carbons (Fsp3) is 0.115. The van der Waals surface area contributed by atoms with Crippen molar-refractivity contribution in [2.75, 3.05) is 17.7 Å². The summed E-state index contributed by atoms with van der Waals surface area (Å²) in [5, 5.41) is 21.3. The molecule has 4 aromatic rings. The molecular formula is C26H22ClN5O3. The number of nitrogens with zero attached hydrogens (tertiary/aromatic N) is 3. The van der Waals surface area contributed by atoms with Crippen LogP contribution in [0, 0.1) is 0 Å². The van der Waals surface area contributed by atoms with E-state index in [0.29, 0.717) is 45.1 Å². The van der Waals surface area contributed by atoms with E-state index in [-0.39, 0.29) is 11.7 Å². The molecule has 8 nitrogen and oxygen atoms in total. The largest absolute Gasteiger partial charge is 0.508 e. The molecule has 1 aliphatic rings. The summed E-state index contributed by atoms with van der Waals surface area (Å²) in [6, 6.07) is 20.6. The van der Waals surface area contributed by atoms with E-state index in [2.05, 4.69) is 15.6 Å². The number of aromatic nitrogens is 3. The van der Waals surface area contributed by atoms with Gasteiger partial charge in [-0.05, 0) is 48.9 Å². The van der Waals surface area contributed by atoms with Gasteiger partial charge in [0, 0.05) is 11.3 Å². The number of anilines is 2. The van der Waals surface area contributed by atoms with Crippen molar-refractivity contribution in [3.63, 3.8) is 0 Å². The Morgan fingerprint density at radius 1 is 1.09 bits per heavy atom. The Kier molecular flexibility index (Phi) is 5.88. The monoisotopic (exact) mass is 487 g/mol. The van der Waals surface area contributed by atoms with Crippen LogP contribution < -0.4 is 15.4 Å². The third-order valence-corrected chi connectivity index (χ3v) is 6.11. The summed E-state index contributed by atoms with van der Waals surface area (Å²) in [5.41, 5.74) is 3.06. The minimum Gasteiger partial charge on any atom is -0.508 e.